The van der Waals surface area contributed by atoms with Gasteiger partial charge in [-0.1, -0.05) is 128 Å². The van der Waals surface area contributed by atoms with Crippen molar-refractivity contribution >= 4 is 5.97 Å². The first-order valence-electron chi connectivity index (χ1n) is 14.5. The lowest BCUT2D eigenvalue weighted by molar-refractivity contribution is -0.143. The molecule has 0 aliphatic rings. The van der Waals surface area contributed by atoms with E-state index in [1.807, 2.05) is 26.0 Å². The van der Waals surface area contributed by atoms with Gasteiger partial charge < -0.3 is 9.84 Å². The molecular weight excluding hydrogens is 420 g/mol. The third kappa shape index (κ3) is 16.2. The van der Waals surface area contributed by atoms with Gasteiger partial charge in [-0.2, -0.15) is 0 Å². The van der Waals surface area contributed by atoms with Crippen LogP contribution in [0.5, 0.6) is 5.75 Å². The number of phenolic OH excluding ortho intramolecular Hbond substituents is 1. The van der Waals surface area contributed by atoms with Crippen LogP contribution in [0.3, 0.4) is 0 Å². The predicted octanol–water partition coefficient (Wildman–Crippen LogP) is 9.53. The summed E-state index contributed by atoms with van der Waals surface area (Å²) in [4.78, 5) is 12.0. The molecule has 34 heavy (non-hydrogen) atoms. The van der Waals surface area contributed by atoms with E-state index in [0.29, 0.717) is 25.2 Å². The number of carbonyl (C=O) groups is 1. The average molecular weight is 475 g/mol. The number of esters is 1. The SMILES string of the molecule is CCCCCCCCCCCCCCCCCCCCOC(=O)CCc1cc(C)c(O)c(C)c1. The van der Waals surface area contributed by atoms with Gasteiger partial charge in [0.1, 0.15) is 5.75 Å². The van der Waals surface area contributed by atoms with Crippen molar-refractivity contribution in [2.75, 3.05) is 6.61 Å². The summed E-state index contributed by atoms with van der Waals surface area (Å²) < 4.78 is 5.39. The van der Waals surface area contributed by atoms with Crippen LogP contribution in [0.15, 0.2) is 12.1 Å². The molecule has 0 radical (unpaired) electrons. The van der Waals surface area contributed by atoms with Crippen molar-refractivity contribution < 1.29 is 14.6 Å². The molecule has 0 atom stereocenters. The molecule has 3 nitrogen and oxygen atoms in total. The Kier molecular flexibility index (Phi) is 18.7. The van der Waals surface area contributed by atoms with E-state index in [9.17, 15) is 9.90 Å². The maximum Gasteiger partial charge on any atom is 0.306 e. The summed E-state index contributed by atoms with van der Waals surface area (Å²) in [7, 11) is 0. The predicted molar refractivity (Wildman–Crippen MR) is 146 cm³/mol. The number of benzene rings is 1. The number of aryl methyl sites for hydroxylation is 3. The van der Waals surface area contributed by atoms with Gasteiger partial charge >= 0.3 is 5.97 Å². The van der Waals surface area contributed by atoms with E-state index >= 15 is 0 Å². The van der Waals surface area contributed by atoms with E-state index in [1.54, 1.807) is 0 Å². The molecule has 0 spiro atoms. The lowest BCUT2D eigenvalue weighted by Crippen LogP contribution is -2.07. The maximum absolute atomic E-state index is 12.0. The zero-order chi connectivity index (χ0) is 24.9. The van der Waals surface area contributed by atoms with Gasteiger partial charge in [0, 0.05) is 6.42 Å². The minimum Gasteiger partial charge on any atom is -0.507 e. The highest BCUT2D eigenvalue weighted by molar-refractivity contribution is 5.69. The van der Waals surface area contributed by atoms with Gasteiger partial charge in [-0.25, -0.2) is 0 Å². The van der Waals surface area contributed by atoms with Crippen molar-refractivity contribution in [3.05, 3.63) is 28.8 Å². The zero-order valence-electron chi connectivity index (χ0n) is 22.8. The summed E-state index contributed by atoms with van der Waals surface area (Å²) in [5, 5.41) is 9.84. The van der Waals surface area contributed by atoms with Crippen LogP contribution in [0.25, 0.3) is 0 Å². The molecule has 1 aromatic rings. The lowest BCUT2D eigenvalue weighted by atomic mass is 10.0. The third-order valence-electron chi connectivity index (χ3n) is 6.93. The Bertz CT molecular complexity index is 615. The molecule has 3 heteroatoms. The molecule has 0 saturated carbocycles. The molecule has 0 aliphatic carbocycles. The molecule has 0 fully saturated rings. The molecule has 1 aromatic carbocycles. The second-order valence-electron chi connectivity index (χ2n) is 10.3. The van der Waals surface area contributed by atoms with Crippen molar-refractivity contribution in [2.24, 2.45) is 0 Å². The van der Waals surface area contributed by atoms with Gasteiger partial charge in [-0.3, -0.25) is 4.79 Å². The molecule has 0 aromatic heterocycles. The second kappa shape index (κ2) is 20.8. The van der Waals surface area contributed by atoms with Crippen LogP contribution >= 0.6 is 0 Å². The second-order valence-corrected chi connectivity index (χ2v) is 10.3. The number of phenols is 1. The Balaban J connectivity index is 1.82. The fourth-order valence-corrected chi connectivity index (χ4v) is 4.70. The van der Waals surface area contributed by atoms with E-state index in [4.69, 9.17) is 4.74 Å². The van der Waals surface area contributed by atoms with Crippen LogP contribution in [-0.2, 0) is 16.0 Å². The minimum atomic E-state index is -0.115. The molecule has 0 aliphatic heterocycles. The van der Waals surface area contributed by atoms with Crippen molar-refractivity contribution in [2.45, 2.75) is 149 Å². The van der Waals surface area contributed by atoms with Crippen molar-refractivity contribution in [3.8, 4) is 5.75 Å². The highest BCUT2D eigenvalue weighted by atomic mass is 16.5. The Morgan fingerprint density at radius 2 is 1.06 bits per heavy atom. The Morgan fingerprint density at radius 1 is 0.676 bits per heavy atom. The number of unbranched alkanes of at least 4 members (excludes halogenated alkanes) is 17. The normalized spacial score (nSPS) is 11.1. The molecule has 0 bridgehead atoms. The fraction of sp³-hybridized carbons (Fsp3) is 0.774. The fourth-order valence-electron chi connectivity index (χ4n) is 4.70. The van der Waals surface area contributed by atoms with Crippen LogP contribution in [0.4, 0.5) is 0 Å². The smallest absolute Gasteiger partial charge is 0.306 e. The highest BCUT2D eigenvalue weighted by Crippen LogP contribution is 2.23. The minimum absolute atomic E-state index is 0.115. The number of ether oxygens (including phenoxy) is 1. The number of hydrogen-bond acceptors (Lipinski definition) is 3. The van der Waals surface area contributed by atoms with Gasteiger partial charge in [-0.15, -0.1) is 0 Å². The zero-order valence-corrected chi connectivity index (χ0v) is 22.8. The van der Waals surface area contributed by atoms with E-state index < -0.39 is 0 Å². The van der Waals surface area contributed by atoms with Gasteiger partial charge in [-0.05, 0) is 43.4 Å². The van der Waals surface area contributed by atoms with Crippen LogP contribution < -0.4 is 0 Å². The first-order valence-corrected chi connectivity index (χ1v) is 14.5. The van der Waals surface area contributed by atoms with Crippen molar-refractivity contribution in [3.63, 3.8) is 0 Å². The summed E-state index contributed by atoms with van der Waals surface area (Å²) in [5.74, 6) is 0.232. The molecule has 0 heterocycles. The van der Waals surface area contributed by atoms with Gasteiger partial charge in [0.15, 0.2) is 0 Å². The topological polar surface area (TPSA) is 46.5 Å². The molecule has 196 valence electrons. The highest BCUT2D eigenvalue weighted by Gasteiger charge is 2.07. The third-order valence-corrected chi connectivity index (χ3v) is 6.93. The maximum atomic E-state index is 12.0. The van der Waals surface area contributed by atoms with Crippen LogP contribution in [0, 0.1) is 13.8 Å². The Hall–Kier alpha value is -1.51. The summed E-state index contributed by atoms with van der Waals surface area (Å²) in [5.41, 5.74) is 2.81. The molecule has 0 amide bonds. The number of carbonyl (C=O) groups excluding carboxylic acids is 1. The number of rotatable bonds is 22. The van der Waals surface area contributed by atoms with Crippen molar-refractivity contribution in [1.82, 2.24) is 0 Å². The number of aromatic hydroxyl groups is 1. The average Bonchev–Trinajstić information content (AvgIpc) is 2.82. The molecular formula is C31H54O3. The Morgan fingerprint density at radius 3 is 1.47 bits per heavy atom. The lowest BCUT2D eigenvalue weighted by Gasteiger charge is -2.08. The molecule has 1 rings (SSSR count). The summed E-state index contributed by atoms with van der Waals surface area (Å²) in [6.45, 7) is 6.62. The summed E-state index contributed by atoms with van der Waals surface area (Å²) >= 11 is 0. The van der Waals surface area contributed by atoms with Crippen LogP contribution in [0.2, 0.25) is 0 Å². The van der Waals surface area contributed by atoms with Gasteiger partial charge in [0.05, 0.1) is 6.61 Å². The molecule has 1 N–H and O–H groups in total. The van der Waals surface area contributed by atoms with E-state index in [2.05, 4.69) is 6.92 Å². The van der Waals surface area contributed by atoms with Gasteiger partial charge in [0.25, 0.3) is 0 Å². The van der Waals surface area contributed by atoms with Crippen molar-refractivity contribution in [1.29, 1.82) is 0 Å². The largest absolute Gasteiger partial charge is 0.507 e. The summed E-state index contributed by atoms with van der Waals surface area (Å²) in [6.07, 6.45) is 25.6. The molecule has 0 saturated heterocycles. The first kappa shape index (κ1) is 30.5. The first-order chi connectivity index (χ1) is 16.5. The number of hydrogen-bond donors (Lipinski definition) is 1. The quantitative estimate of drug-likeness (QED) is 0.134. The molecule has 0 unspecified atom stereocenters. The Labute approximate surface area is 211 Å². The van der Waals surface area contributed by atoms with E-state index in [0.717, 1.165) is 29.5 Å². The standard InChI is InChI=1S/C31H54O3/c1-4-5-6-7-8-9-10-11-12-13-14-15-16-17-18-19-20-21-24-34-30(32)23-22-29-25-27(2)31(33)28(3)26-29/h25-26,33H,4-24H2,1-3H3. The van der Waals surface area contributed by atoms with E-state index in [1.165, 1.54) is 103 Å². The summed E-state index contributed by atoms with van der Waals surface area (Å²) in [6, 6.07) is 3.90. The van der Waals surface area contributed by atoms with E-state index in [-0.39, 0.29) is 5.97 Å². The van der Waals surface area contributed by atoms with Gasteiger partial charge in [0.2, 0.25) is 0 Å². The van der Waals surface area contributed by atoms with Crippen LogP contribution in [0.1, 0.15) is 146 Å². The monoisotopic (exact) mass is 474 g/mol. The van der Waals surface area contributed by atoms with Crippen LogP contribution in [-0.4, -0.2) is 17.7 Å².